The van der Waals surface area contributed by atoms with E-state index in [0.717, 1.165) is 0 Å². The minimum Gasteiger partial charge on any atom is -0.382 e. The summed E-state index contributed by atoms with van der Waals surface area (Å²) >= 11 is 0. The van der Waals surface area contributed by atoms with Gasteiger partial charge < -0.3 is 30.4 Å². The largest absolute Gasteiger partial charge is 0.419 e. The fourth-order valence-corrected chi connectivity index (χ4v) is 8.89. The van der Waals surface area contributed by atoms with Gasteiger partial charge in [0.25, 0.3) is 6.43 Å². The molecule has 6 heterocycles. The highest BCUT2D eigenvalue weighted by atomic mass is 32.2. The molecule has 0 spiro atoms. The van der Waals surface area contributed by atoms with Gasteiger partial charge in [-0.1, -0.05) is 0 Å². The first kappa shape index (κ1) is 34.3. The third-order valence-electron chi connectivity index (χ3n) is 7.67. The first-order valence-electron chi connectivity index (χ1n) is 14.3. The molecule has 6 rings (SSSR count). The van der Waals surface area contributed by atoms with Crippen molar-refractivity contribution in [3.05, 3.63) is 25.3 Å². The molecule has 0 saturated carbocycles. The lowest BCUT2D eigenvalue weighted by Gasteiger charge is -2.26. The minimum absolute atomic E-state index is 0.0330. The van der Waals surface area contributed by atoms with Crippen LogP contribution in [0.25, 0.3) is 22.3 Å². The van der Waals surface area contributed by atoms with Crippen LogP contribution in [-0.4, -0.2) is 111 Å². The number of nitrogen functional groups attached to an aromatic ring is 2. The summed E-state index contributed by atoms with van der Waals surface area (Å²) < 4.78 is 105. The Hall–Kier alpha value is -3.54. The average molecular weight is 720 g/mol. The smallest absolute Gasteiger partial charge is 0.382 e. The Balaban J connectivity index is 1.23. The summed E-state index contributed by atoms with van der Waals surface area (Å²) in [6.45, 7) is -0.623. The number of imidazole rings is 2. The molecule has 0 aliphatic carbocycles. The second kappa shape index (κ2) is 13.8. The van der Waals surface area contributed by atoms with E-state index in [2.05, 4.69) is 29.9 Å². The zero-order valence-corrected chi connectivity index (χ0v) is 27.1. The third kappa shape index (κ3) is 7.09. The predicted molar refractivity (Wildman–Crippen MR) is 161 cm³/mol. The van der Waals surface area contributed by atoms with E-state index in [-0.39, 0.29) is 31.1 Å². The van der Waals surface area contributed by atoms with Gasteiger partial charge in [0, 0.05) is 27.1 Å². The minimum atomic E-state index is -4.95. The number of nitrogens with one attached hydrogen (secondary N) is 1. The van der Waals surface area contributed by atoms with E-state index in [0.29, 0.717) is 22.3 Å². The molecule has 48 heavy (non-hydrogen) atoms. The van der Waals surface area contributed by atoms with Crippen molar-refractivity contribution >= 4 is 51.7 Å². The van der Waals surface area contributed by atoms with E-state index in [1.165, 1.54) is 39.5 Å². The number of fused-ring (bicyclic) bond motifs is 2. The zero-order valence-electron chi connectivity index (χ0n) is 25.4. The van der Waals surface area contributed by atoms with Crippen molar-refractivity contribution in [2.45, 2.75) is 56.1 Å². The van der Waals surface area contributed by atoms with Crippen LogP contribution in [0.2, 0.25) is 0 Å². The van der Waals surface area contributed by atoms with Crippen molar-refractivity contribution in [3.8, 4) is 0 Å². The summed E-state index contributed by atoms with van der Waals surface area (Å²) in [5.74, 6) is -1.36. The van der Waals surface area contributed by atoms with Crippen LogP contribution < -0.4 is 16.0 Å². The SMILES string of the molecule is COC[C@H]1O[C@@H](n2cnc3c(N)ncnc32)CC1OP(=O)(NS(=O)(=O)CC(F)F)OCC1OC(n2cnc3c(N)ncnc32)CC1OC. The molecule has 0 radical (unpaired) electrons. The van der Waals surface area contributed by atoms with Gasteiger partial charge in [0.1, 0.15) is 60.2 Å². The van der Waals surface area contributed by atoms with Gasteiger partial charge in [0.2, 0.25) is 10.0 Å². The van der Waals surface area contributed by atoms with E-state index in [1.54, 1.807) is 13.6 Å². The average Bonchev–Trinajstić information content (AvgIpc) is 3.81. The Kier molecular flexibility index (Phi) is 9.84. The zero-order chi connectivity index (χ0) is 34.2. The van der Waals surface area contributed by atoms with Crippen molar-refractivity contribution in [1.29, 1.82) is 0 Å². The van der Waals surface area contributed by atoms with Gasteiger partial charge in [-0.05, 0) is 0 Å². The molecular weight excluding hydrogens is 687 g/mol. The number of methoxy groups -OCH3 is 2. The fourth-order valence-electron chi connectivity index (χ4n) is 5.53. The lowest BCUT2D eigenvalue weighted by atomic mass is 10.2. The van der Waals surface area contributed by atoms with E-state index < -0.39 is 73.4 Å². The van der Waals surface area contributed by atoms with E-state index in [9.17, 15) is 21.8 Å². The van der Waals surface area contributed by atoms with Crippen LogP contribution in [0.3, 0.4) is 0 Å². The van der Waals surface area contributed by atoms with Crippen molar-refractivity contribution < 1.29 is 49.8 Å². The molecule has 262 valence electrons. The standard InChI is InChI=1S/C24H32F2N11O9PS/c1-41-5-14-13(4-18(44-14)37-11-34-20-22(28)30-9-32-24(20)37)46-47(38,35-48(39,40)7-16(25)26)43-6-15-12(42-2)3-17(45-15)36-10-33-19-21(27)29-8-31-23(19)36/h8-18H,3-7H2,1-2H3,(H,35,38)(H2,27,29,31)(H2,28,30,32)/t12?,13?,14-,15?,17?,18-,47?/m1/s1. The molecule has 2 saturated heterocycles. The van der Waals surface area contributed by atoms with Crippen LogP contribution in [0.1, 0.15) is 25.3 Å². The highest BCUT2D eigenvalue weighted by Crippen LogP contribution is 2.50. The Morgan fingerprint density at radius 2 is 1.46 bits per heavy atom. The normalized spacial score (nSPS) is 26.2. The Bertz CT molecular complexity index is 1920. The van der Waals surface area contributed by atoms with E-state index in [4.69, 9.17) is 39.5 Å². The van der Waals surface area contributed by atoms with E-state index >= 15 is 0 Å². The van der Waals surface area contributed by atoms with Gasteiger partial charge in [0.05, 0.1) is 32.0 Å². The number of nitrogens with zero attached hydrogens (tertiary/aromatic N) is 8. The van der Waals surface area contributed by atoms with Crippen LogP contribution in [-0.2, 0) is 42.6 Å². The number of hydrogen-bond donors (Lipinski definition) is 3. The molecule has 4 aromatic heterocycles. The number of anilines is 2. The van der Waals surface area contributed by atoms with Gasteiger partial charge in [-0.3, -0.25) is 18.2 Å². The molecule has 24 heteroatoms. The number of rotatable bonds is 14. The molecule has 20 nitrogen and oxygen atoms in total. The first-order chi connectivity index (χ1) is 22.9. The predicted octanol–water partition coefficient (Wildman–Crippen LogP) is 0.761. The molecule has 2 fully saturated rings. The number of nitrogens with two attached hydrogens (primary N) is 2. The number of aromatic nitrogens is 8. The lowest BCUT2D eigenvalue weighted by molar-refractivity contribution is -0.0585. The summed E-state index contributed by atoms with van der Waals surface area (Å²) in [6, 6.07) is 0. The number of ether oxygens (including phenoxy) is 4. The van der Waals surface area contributed by atoms with E-state index in [1.807, 2.05) is 0 Å². The molecule has 0 aromatic carbocycles. The second-order valence-corrected chi connectivity index (χ2v) is 14.6. The van der Waals surface area contributed by atoms with Gasteiger partial charge in [-0.2, -0.15) is 0 Å². The van der Waals surface area contributed by atoms with Gasteiger partial charge in [-0.25, -0.2) is 51.7 Å². The van der Waals surface area contributed by atoms with Crippen molar-refractivity contribution in [2.75, 3.05) is 44.7 Å². The molecule has 0 bridgehead atoms. The Morgan fingerprint density at radius 1 is 0.917 bits per heavy atom. The molecule has 0 amide bonds. The summed E-state index contributed by atoms with van der Waals surface area (Å²) in [5, 5.41) is 0. The second-order valence-electron chi connectivity index (χ2n) is 10.8. The van der Waals surface area contributed by atoms with Crippen LogP contribution >= 0.6 is 7.75 Å². The number of alkyl halides is 2. The Labute approximate surface area is 271 Å². The molecule has 5 unspecified atom stereocenters. The van der Waals surface area contributed by atoms with Gasteiger partial charge in [0.15, 0.2) is 22.9 Å². The summed E-state index contributed by atoms with van der Waals surface area (Å²) in [7, 11) is -7.03. The summed E-state index contributed by atoms with van der Waals surface area (Å²) in [6.07, 6.45) is -2.83. The first-order valence-corrected chi connectivity index (χ1v) is 17.5. The fraction of sp³-hybridized carbons (Fsp3) is 0.583. The molecular formula is C24H32F2N11O9PS. The quantitative estimate of drug-likeness (QED) is 0.152. The number of hydrogen-bond acceptors (Lipinski definition) is 17. The van der Waals surface area contributed by atoms with Crippen molar-refractivity contribution in [2.24, 2.45) is 0 Å². The number of halogens is 2. The molecule has 2 aliphatic rings. The highest BCUT2D eigenvalue weighted by Gasteiger charge is 2.46. The molecule has 7 atom stereocenters. The Morgan fingerprint density at radius 3 is 1.98 bits per heavy atom. The van der Waals surface area contributed by atoms with Crippen molar-refractivity contribution in [1.82, 2.24) is 43.5 Å². The molecule has 4 aromatic rings. The number of sulfonamides is 1. The van der Waals surface area contributed by atoms with Gasteiger partial charge >= 0.3 is 7.75 Å². The summed E-state index contributed by atoms with van der Waals surface area (Å²) in [5.41, 5.74) is 13.2. The monoisotopic (exact) mass is 719 g/mol. The van der Waals surface area contributed by atoms with Crippen LogP contribution in [0, 0.1) is 0 Å². The molecule has 2 aliphatic heterocycles. The van der Waals surface area contributed by atoms with Gasteiger partial charge in [-0.15, -0.1) is 4.49 Å². The van der Waals surface area contributed by atoms with Crippen LogP contribution in [0.5, 0.6) is 0 Å². The topological polar surface area (TPSA) is 258 Å². The maximum Gasteiger partial charge on any atom is 0.419 e. The third-order valence-corrected chi connectivity index (χ3v) is 11.4. The lowest BCUT2D eigenvalue weighted by Crippen LogP contribution is -2.35. The molecule has 5 N–H and O–H groups in total. The maximum absolute atomic E-state index is 14.2. The van der Waals surface area contributed by atoms with Crippen LogP contribution in [0.4, 0.5) is 20.4 Å². The maximum atomic E-state index is 14.2. The summed E-state index contributed by atoms with van der Waals surface area (Å²) in [4.78, 5) is 24.7. The highest BCUT2D eigenvalue weighted by molar-refractivity contribution is 7.94. The van der Waals surface area contributed by atoms with Crippen LogP contribution in [0.15, 0.2) is 25.3 Å². The van der Waals surface area contributed by atoms with Crippen molar-refractivity contribution in [3.63, 3.8) is 0 Å².